The summed E-state index contributed by atoms with van der Waals surface area (Å²) < 4.78 is 12.6. The van der Waals surface area contributed by atoms with Crippen LogP contribution in [0.3, 0.4) is 0 Å². The fraction of sp³-hybridized carbons (Fsp3) is 0.182. The number of carbonyl (C=O) groups excluding carboxylic acids is 2. The van der Waals surface area contributed by atoms with Gasteiger partial charge in [0, 0.05) is 30.1 Å². The maximum Gasteiger partial charge on any atom is 0.362 e. The number of amides is 1. The third-order valence-corrected chi connectivity index (χ3v) is 4.18. The summed E-state index contributed by atoms with van der Waals surface area (Å²) in [5.74, 6) is -0.573. The van der Waals surface area contributed by atoms with Crippen LogP contribution >= 0.6 is 0 Å². The summed E-state index contributed by atoms with van der Waals surface area (Å²) in [4.78, 5) is 28.3. The van der Waals surface area contributed by atoms with Crippen LogP contribution in [-0.2, 0) is 16.1 Å². The first-order chi connectivity index (χ1) is 14.6. The molecule has 1 N–H and O–H groups in total. The van der Waals surface area contributed by atoms with Crippen molar-refractivity contribution in [3.8, 4) is 23.1 Å². The van der Waals surface area contributed by atoms with Gasteiger partial charge in [0.25, 0.3) is 0 Å². The van der Waals surface area contributed by atoms with Crippen molar-refractivity contribution in [2.45, 2.75) is 19.4 Å². The summed E-state index contributed by atoms with van der Waals surface area (Å²) in [6.07, 6.45) is 6.35. The Kier molecular flexibility index (Phi) is 6.79. The number of ether oxygens (including phenoxy) is 1. The number of carbonyl (C=O) groups is 2. The third-order valence-electron chi connectivity index (χ3n) is 4.18. The average molecular weight is 404 g/mol. The van der Waals surface area contributed by atoms with Crippen LogP contribution in [0.4, 0.5) is 0 Å². The summed E-state index contributed by atoms with van der Waals surface area (Å²) >= 11 is 0. The van der Waals surface area contributed by atoms with Crippen LogP contribution in [0.25, 0.3) is 17.0 Å². The van der Waals surface area contributed by atoms with Gasteiger partial charge >= 0.3 is 5.97 Å². The second-order valence-corrected chi connectivity index (χ2v) is 6.26. The van der Waals surface area contributed by atoms with Crippen molar-refractivity contribution in [3.05, 3.63) is 73.0 Å². The molecule has 0 unspecified atom stereocenters. The maximum absolute atomic E-state index is 12.3. The summed E-state index contributed by atoms with van der Waals surface area (Å²) in [7, 11) is 0. The average Bonchev–Trinajstić information content (AvgIpc) is 3.45. The van der Waals surface area contributed by atoms with E-state index < -0.39 is 12.6 Å². The molecular weight excluding hydrogens is 384 g/mol. The number of hydrogen-bond donors (Lipinski definition) is 1. The smallest absolute Gasteiger partial charge is 0.362 e. The first kappa shape index (κ1) is 20.6. The summed E-state index contributed by atoms with van der Waals surface area (Å²) in [6, 6.07) is 12.9. The van der Waals surface area contributed by atoms with E-state index >= 15 is 0 Å². The minimum Gasteiger partial charge on any atom is -0.445 e. The molecule has 0 atom stereocenters. The number of rotatable bonds is 9. The molecule has 0 aliphatic carbocycles. The number of allylic oxidation sites excluding steroid dienone is 1. The summed E-state index contributed by atoms with van der Waals surface area (Å²) in [5, 5.41) is 11.3. The van der Waals surface area contributed by atoms with E-state index in [1.54, 1.807) is 24.3 Å². The number of nitrogens with zero attached hydrogens (tertiary/aromatic N) is 3. The topological polar surface area (TPSA) is 110 Å². The highest BCUT2D eigenvalue weighted by Crippen LogP contribution is 2.27. The minimum absolute atomic E-state index is 0.0238. The van der Waals surface area contributed by atoms with Crippen molar-refractivity contribution in [2.24, 2.45) is 0 Å². The van der Waals surface area contributed by atoms with Gasteiger partial charge in [-0.25, -0.2) is 9.78 Å². The van der Waals surface area contributed by atoms with Crippen LogP contribution in [0.5, 0.6) is 0 Å². The van der Waals surface area contributed by atoms with Crippen molar-refractivity contribution >= 4 is 11.9 Å². The number of oxazole rings is 1. The van der Waals surface area contributed by atoms with Crippen LogP contribution in [0.2, 0.25) is 0 Å². The highest BCUT2D eigenvalue weighted by molar-refractivity contribution is 5.93. The zero-order chi connectivity index (χ0) is 21.3. The Bertz CT molecular complexity index is 1060. The summed E-state index contributed by atoms with van der Waals surface area (Å²) in [6.45, 7) is 3.21. The molecule has 1 amide bonds. The molecule has 2 heterocycles. The van der Waals surface area contributed by atoms with Crippen LogP contribution in [-0.4, -0.2) is 28.0 Å². The van der Waals surface area contributed by atoms with E-state index in [4.69, 9.17) is 14.4 Å². The highest BCUT2D eigenvalue weighted by atomic mass is 16.5. The Morgan fingerprint density at radius 3 is 2.67 bits per heavy atom. The largest absolute Gasteiger partial charge is 0.445 e. The Balaban J connectivity index is 1.84. The Labute approximate surface area is 173 Å². The van der Waals surface area contributed by atoms with Gasteiger partial charge in [-0.1, -0.05) is 6.08 Å². The van der Waals surface area contributed by atoms with E-state index in [1.165, 1.54) is 0 Å². The van der Waals surface area contributed by atoms with Gasteiger partial charge in [-0.05, 0) is 42.8 Å². The molecule has 2 aromatic heterocycles. The fourth-order valence-corrected chi connectivity index (χ4v) is 2.73. The van der Waals surface area contributed by atoms with Gasteiger partial charge in [-0.15, -0.1) is 6.58 Å². The van der Waals surface area contributed by atoms with Crippen LogP contribution < -0.4 is 5.32 Å². The number of nitriles is 1. The van der Waals surface area contributed by atoms with Gasteiger partial charge in [0.2, 0.25) is 11.8 Å². The van der Waals surface area contributed by atoms with E-state index in [9.17, 15) is 9.59 Å². The lowest BCUT2D eigenvalue weighted by molar-refractivity contribution is -0.121. The molecule has 152 valence electrons. The van der Waals surface area contributed by atoms with Crippen LogP contribution in [0, 0.1) is 11.3 Å². The zero-order valence-corrected chi connectivity index (χ0v) is 16.2. The number of esters is 1. The van der Waals surface area contributed by atoms with Crippen LogP contribution in [0.15, 0.2) is 65.9 Å². The molecule has 0 aliphatic rings. The van der Waals surface area contributed by atoms with E-state index in [2.05, 4.69) is 16.9 Å². The predicted molar refractivity (Wildman–Crippen MR) is 108 cm³/mol. The minimum atomic E-state index is -0.769. The molecule has 0 bridgehead atoms. The fourth-order valence-electron chi connectivity index (χ4n) is 2.73. The SMILES string of the molecule is C=CCCC(=O)NCc1nc(C(=O)OCC#N)c(-c2ccc(-n3cccc3)cc2)o1. The number of aromatic nitrogens is 2. The molecule has 0 fully saturated rings. The van der Waals surface area contributed by atoms with Gasteiger partial charge in [0.1, 0.15) is 6.07 Å². The van der Waals surface area contributed by atoms with E-state index in [0.29, 0.717) is 18.4 Å². The van der Waals surface area contributed by atoms with Crippen LogP contribution in [0.1, 0.15) is 29.2 Å². The quantitative estimate of drug-likeness (QED) is 0.432. The second-order valence-electron chi connectivity index (χ2n) is 6.26. The highest BCUT2D eigenvalue weighted by Gasteiger charge is 2.23. The second kappa shape index (κ2) is 9.89. The van der Waals surface area contributed by atoms with Gasteiger partial charge < -0.3 is 19.0 Å². The molecular formula is C22H20N4O4. The number of hydrogen-bond acceptors (Lipinski definition) is 6. The first-order valence-corrected chi connectivity index (χ1v) is 9.27. The predicted octanol–water partition coefficient (Wildman–Crippen LogP) is 3.40. The molecule has 1 aromatic carbocycles. The molecule has 0 spiro atoms. The number of nitrogens with one attached hydrogen (secondary N) is 1. The molecule has 3 aromatic rings. The van der Waals surface area contributed by atoms with Gasteiger partial charge in [0.05, 0.1) is 6.54 Å². The number of benzene rings is 1. The lowest BCUT2D eigenvalue weighted by Gasteiger charge is -2.05. The van der Waals surface area contributed by atoms with Gasteiger partial charge in [-0.2, -0.15) is 5.26 Å². The molecule has 8 nitrogen and oxygen atoms in total. The molecule has 0 saturated heterocycles. The maximum atomic E-state index is 12.3. The van der Waals surface area contributed by atoms with E-state index in [-0.39, 0.29) is 29.8 Å². The van der Waals surface area contributed by atoms with Crippen molar-refractivity contribution < 1.29 is 18.7 Å². The Morgan fingerprint density at radius 1 is 1.27 bits per heavy atom. The monoisotopic (exact) mass is 404 g/mol. The van der Waals surface area contributed by atoms with E-state index in [0.717, 1.165) is 5.69 Å². The van der Waals surface area contributed by atoms with Crippen molar-refractivity contribution in [2.75, 3.05) is 6.61 Å². The van der Waals surface area contributed by atoms with Crippen molar-refractivity contribution in [3.63, 3.8) is 0 Å². The lowest BCUT2D eigenvalue weighted by Crippen LogP contribution is -2.22. The molecule has 3 rings (SSSR count). The molecule has 0 aliphatic heterocycles. The van der Waals surface area contributed by atoms with Gasteiger partial charge in [0.15, 0.2) is 18.1 Å². The standard InChI is InChI=1S/C22H20N4O4/c1-2-3-6-18(27)24-15-19-25-20(22(28)29-14-11-23)21(30-19)16-7-9-17(10-8-16)26-12-4-5-13-26/h2,4-5,7-10,12-13H,1,3,6,14-15H2,(H,24,27). The Morgan fingerprint density at radius 2 is 2.00 bits per heavy atom. The lowest BCUT2D eigenvalue weighted by atomic mass is 10.1. The molecule has 0 radical (unpaired) electrons. The van der Waals surface area contributed by atoms with Crippen molar-refractivity contribution in [1.82, 2.24) is 14.9 Å². The molecule has 0 saturated carbocycles. The Hall–Kier alpha value is -4.12. The van der Waals surface area contributed by atoms with Gasteiger partial charge in [-0.3, -0.25) is 4.79 Å². The first-order valence-electron chi connectivity index (χ1n) is 9.27. The zero-order valence-electron chi connectivity index (χ0n) is 16.2. The summed E-state index contributed by atoms with van der Waals surface area (Å²) in [5.41, 5.74) is 1.51. The van der Waals surface area contributed by atoms with Crippen molar-refractivity contribution in [1.29, 1.82) is 5.26 Å². The molecule has 30 heavy (non-hydrogen) atoms. The molecule has 8 heteroatoms. The third kappa shape index (κ3) is 5.02. The van der Waals surface area contributed by atoms with E-state index in [1.807, 2.05) is 41.2 Å². The normalized spacial score (nSPS) is 10.2.